The van der Waals surface area contributed by atoms with Gasteiger partial charge in [0.05, 0.1) is 4.90 Å². The molecule has 27 heavy (non-hydrogen) atoms. The van der Waals surface area contributed by atoms with Crippen LogP contribution >= 0.6 is 12.4 Å². The average molecular weight is 415 g/mol. The second-order valence-corrected chi connectivity index (χ2v) is 10.9. The summed E-state index contributed by atoms with van der Waals surface area (Å²) < 4.78 is 40.7. The highest BCUT2D eigenvalue weighted by Gasteiger charge is 2.53. The van der Waals surface area contributed by atoms with Gasteiger partial charge >= 0.3 is 0 Å². The van der Waals surface area contributed by atoms with Crippen LogP contribution in [0.4, 0.5) is 4.39 Å². The van der Waals surface area contributed by atoms with Gasteiger partial charge in [0.2, 0.25) is 10.0 Å². The zero-order chi connectivity index (χ0) is 17.9. The quantitative estimate of drug-likeness (QED) is 0.759. The summed E-state index contributed by atoms with van der Waals surface area (Å²) in [6.45, 7) is 2.64. The first-order valence-corrected chi connectivity index (χ1v) is 11.4. The van der Waals surface area contributed by atoms with Crippen LogP contribution < -0.4 is 0 Å². The van der Waals surface area contributed by atoms with Gasteiger partial charge < -0.3 is 0 Å². The van der Waals surface area contributed by atoms with Crippen LogP contribution in [0, 0.1) is 23.6 Å². The number of nitrogens with zero attached hydrogens (tertiary/aromatic N) is 2. The van der Waals surface area contributed by atoms with E-state index in [-0.39, 0.29) is 17.3 Å². The van der Waals surface area contributed by atoms with E-state index in [1.165, 1.54) is 56.7 Å². The van der Waals surface area contributed by atoms with E-state index < -0.39 is 15.8 Å². The Labute approximate surface area is 167 Å². The van der Waals surface area contributed by atoms with Gasteiger partial charge in [0, 0.05) is 31.7 Å². The summed E-state index contributed by atoms with van der Waals surface area (Å²) in [4.78, 5) is 2.68. The summed E-state index contributed by atoms with van der Waals surface area (Å²) in [5.41, 5.74) is 0.337. The summed E-state index contributed by atoms with van der Waals surface area (Å²) in [7, 11) is -3.60. The number of piperazine rings is 1. The lowest BCUT2D eigenvalue weighted by atomic mass is 9.52. The van der Waals surface area contributed by atoms with Crippen LogP contribution in [0.2, 0.25) is 0 Å². The van der Waals surface area contributed by atoms with Gasteiger partial charge in [-0.2, -0.15) is 4.31 Å². The van der Waals surface area contributed by atoms with Crippen molar-refractivity contribution >= 4 is 22.4 Å². The van der Waals surface area contributed by atoms with Crippen LogP contribution in [0.25, 0.3) is 0 Å². The molecule has 5 aliphatic rings. The lowest BCUT2D eigenvalue weighted by Crippen LogP contribution is -2.64. The lowest BCUT2D eigenvalue weighted by Gasteiger charge is -2.61. The van der Waals surface area contributed by atoms with Crippen molar-refractivity contribution in [3.8, 4) is 0 Å². The minimum atomic E-state index is -3.60. The number of sulfonamides is 1. The fraction of sp³-hybridized carbons (Fsp3) is 0.700. The van der Waals surface area contributed by atoms with Gasteiger partial charge in [-0.05, 0) is 74.5 Å². The van der Waals surface area contributed by atoms with Gasteiger partial charge in [-0.3, -0.25) is 4.90 Å². The van der Waals surface area contributed by atoms with Crippen molar-refractivity contribution in [1.82, 2.24) is 9.21 Å². The largest absolute Gasteiger partial charge is 0.295 e. The van der Waals surface area contributed by atoms with Crippen molar-refractivity contribution in [2.24, 2.45) is 17.8 Å². The third-order valence-electron chi connectivity index (χ3n) is 7.35. The number of hydrogen-bond donors (Lipinski definition) is 0. The van der Waals surface area contributed by atoms with Crippen LogP contribution in [-0.4, -0.2) is 49.3 Å². The second-order valence-electron chi connectivity index (χ2n) is 8.99. The number of rotatable bonds is 3. The molecular weight excluding hydrogens is 387 g/mol. The van der Waals surface area contributed by atoms with Gasteiger partial charge in [-0.15, -0.1) is 12.4 Å². The highest BCUT2D eigenvalue weighted by molar-refractivity contribution is 7.89. The molecule has 1 heterocycles. The summed E-state index contributed by atoms with van der Waals surface area (Å²) in [6, 6.07) is 5.36. The fourth-order valence-electron chi connectivity index (χ4n) is 6.63. The lowest BCUT2D eigenvalue weighted by molar-refractivity contribution is -0.0964. The number of benzene rings is 1. The number of hydrogen-bond acceptors (Lipinski definition) is 3. The van der Waals surface area contributed by atoms with E-state index in [9.17, 15) is 12.8 Å². The second kappa shape index (κ2) is 6.97. The zero-order valence-electron chi connectivity index (χ0n) is 15.5. The van der Waals surface area contributed by atoms with Gasteiger partial charge in [0.1, 0.15) is 5.82 Å². The molecule has 5 fully saturated rings. The van der Waals surface area contributed by atoms with Crippen LogP contribution in [0.5, 0.6) is 0 Å². The normalized spacial score (nSPS) is 36.6. The molecule has 0 atom stereocenters. The molecule has 0 amide bonds. The maximum Gasteiger partial charge on any atom is 0.243 e. The monoisotopic (exact) mass is 414 g/mol. The molecule has 4 aliphatic carbocycles. The van der Waals surface area contributed by atoms with Crippen molar-refractivity contribution in [1.29, 1.82) is 0 Å². The molecule has 1 aromatic carbocycles. The molecule has 0 aromatic heterocycles. The van der Waals surface area contributed by atoms with Crippen LogP contribution in [0.3, 0.4) is 0 Å². The molecule has 4 saturated carbocycles. The van der Waals surface area contributed by atoms with Crippen molar-refractivity contribution in [2.75, 3.05) is 26.2 Å². The van der Waals surface area contributed by atoms with E-state index >= 15 is 0 Å². The summed E-state index contributed by atoms with van der Waals surface area (Å²) in [5.74, 6) is 2.19. The van der Waals surface area contributed by atoms with Crippen molar-refractivity contribution in [3.63, 3.8) is 0 Å². The molecule has 4 bridgehead atoms. The predicted octanol–water partition coefficient (Wildman–Crippen LogP) is 3.52. The van der Waals surface area contributed by atoms with Crippen molar-refractivity contribution in [2.45, 2.75) is 49.0 Å². The smallest absolute Gasteiger partial charge is 0.243 e. The average Bonchev–Trinajstić information content (AvgIpc) is 2.61. The molecule has 1 aliphatic heterocycles. The standard InChI is InChI=1S/C20H27FN2O2S.ClH/c21-18-2-1-3-19(11-18)26(24,25)23-6-4-22(5-7-23)20-12-15-8-16(13-20)10-17(9-15)14-20;/h1-3,11,15-17H,4-10,12-14H2;1H. The Bertz CT molecular complexity index is 773. The molecule has 0 radical (unpaired) electrons. The van der Waals surface area contributed by atoms with Gasteiger partial charge in [0.25, 0.3) is 0 Å². The van der Waals surface area contributed by atoms with Crippen LogP contribution in [0.15, 0.2) is 29.2 Å². The minimum absolute atomic E-state index is 0. The van der Waals surface area contributed by atoms with Crippen LogP contribution in [0.1, 0.15) is 38.5 Å². The van der Waals surface area contributed by atoms with Gasteiger partial charge in [-0.1, -0.05) is 6.07 Å². The fourth-order valence-corrected chi connectivity index (χ4v) is 8.09. The Kier molecular flexibility index (Phi) is 5.07. The molecule has 150 valence electrons. The molecule has 1 saturated heterocycles. The molecule has 1 aromatic rings. The van der Waals surface area contributed by atoms with E-state index in [1.807, 2.05) is 0 Å². The Hall–Kier alpha value is -0.690. The molecule has 0 N–H and O–H groups in total. The first-order valence-electron chi connectivity index (χ1n) is 9.95. The summed E-state index contributed by atoms with van der Waals surface area (Å²) >= 11 is 0. The first kappa shape index (κ1) is 19.6. The minimum Gasteiger partial charge on any atom is -0.295 e. The maximum atomic E-state index is 13.5. The topological polar surface area (TPSA) is 40.6 Å². The zero-order valence-corrected chi connectivity index (χ0v) is 17.2. The molecule has 0 unspecified atom stereocenters. The Morgan fingerprint density at radius 2 is 1.48 bits per heavy atom. The number of halogens is 2. The van der Waals surface area contributed by atoms with E-state index in [0.717, 1.165) is 36.9 Å². The first-order chi connectivity index (χ1) is 12.4. The van der Waals surface area contributed by atoms with E-state index in [4.69, 9.17) is 0 Å². The van der Waals surface area contributed by atoms with Crippen LogP contribution in [-0.2, 0) is 10.0 Å². The van der Waals surface area contributed by atoms with E-state index in [2.05, 4.69) is 4.90 Å². The van der Waals surface area contributed by atoms with Crippen molar-refractivity contribution < 1.29 is 12.8 Å². The third kappa shape index (κ3) is 3.33. The van der Waals surface area contributed by atoms with E-state index in [0.29, 0.717) is 18.6 Å². The molecular formula is C20H28ClFN2O2S. The predicted molar refractivity (Wildman–Crippen MR) is 105 cm³/mol. The summed E-state index contributed by atoms with van der Waals surface area (Å²) in [5, 5.41) is 0. The van der Waals surface area contributed by atoms with Crippen molar-refractivity contribution in [3.05, 3.63) is 30.1 Å². The molecule has 6 rings (SSSR count). The Morgan fingerprint density at radius 1 is 0.926 bits per heavy atom. The molecule has 4 nitrogen and oxygen atoms in total. The SMILES string of the molecule is Cl.O=S(=O)(c1cccc(F)c1)N1CCN(C23CC4CC(CC(C4)C2)C3)CC1. The Morgan fingerprint density at radius 3 is 2.00 bits per heavy atom. The highest BCUT2D eigenvalue weighted by atomic mass is 35.5. The Balaban J connectivity index is 0.00000180. The molecule has 7 heteroatoms. The van der Waals surface area contributed by atoms with Gasteiger partial charge in [-0.25, -0.2) is 12.8 Å². The van der Waals surface area contributed by atoms with Gasteiger partial charge in [0.15, 0.2) is 0 Å². The third-order valence-corrected chi connectivity index (χ3v) is 9.24. The molecule has 0 spiro atoms. The summed E-state index contributed by atoms with van der Waals surface area (Å²) in [6.07, 6.45) is 8.22. The maximum absolute atomic E-state index is 13.5. The highest BCUT2D eigenvalue weighted by Crippen LogP contribution is 2.57. The van der Waals surface area contributed by atoms with E-state index in [1.54, 1.807) is 4.31 Å².